The van der Waals surface area contributed by atoms with Crippen molar-refractivity contribution in [2.75, 3.05) is 0 Å². The van der Waals surface area contributed by atoms with Gasteiger partial charge in [-0.15, -0.1) is 0 Å². The summed E-state index contributed by atoms with van der Waals surface area (Å²) in [6, 6.07) is 6.08. The third-order valence-corrected chi connectivity index (χ3v) is 1.83. The van der Waals surface area contributed by atoms with Gasteiger partial charge >= 0.3 is 0 Å². The topological polar surface area (TPSA) is 52.0 Å². The van der Waals surface area contributed by atoms with Gasteiger partial charge in [0.2, 0.25) is 5.89 Å². The molecule has 0 saturated heterocycles. The molecule has 0 radical (unpaired) electrons. The fourth-order valence-corrected chi connectivity index (χ4v) is 1.15. The first kappa shape index (κ1) is 8.90. The Morgan fingerprint density at radius 1 is 1.43 bits per heavy atom. The highest BCUT2D eigenvalue weighted by Crippen LogP contribution is 2.18. The minimum Gasteiger partial charge on any atom is -0.444 e. The van der Waals surface area contributed by atoms with Crippen molar-refractivity contribution in [3.8, 4) is 11.5 Å². The molecule has 14 heavy (non-hydrogen) atoms. The number of nitrogens with two attached hydrogens (primary N) is 1. The smallest absolute Gasteiger partial charge is 0.226 e. The Kier molecular flexibility index (Phi) is 2.28. The summed E-state index contributed by atoms with van der Waals surface area (Å²) in [5.41, 5.74) is 6.65. The van der Waals surface area contributed by atoms with E-state index in [9.17, 15) is 4.39 Å². The first-order valence-corrected chi connectivity index (χ1v) is 4.20. The van der Waals surface area contributed by atoms with Gasteiger partial charge in [0.25, 0.3) is 0 Å². The van der Waals surface area contributed by atoms with E-state index in [1.165, 1.54) is 18.4 Å². The van der Waals surface area contributed by atoms with E-state index >= 15 is 0 Å². The van der Waals surface area contributed by atoms with Crippen LogP contribution >= 0.6 is 0 Å². The maximum absolute atomic E-state index is 12.8. The van der Waals surface area contributed by atoms with Gasteiger partial charge in [-0.1, -0.05) is 6.07 Å². The van der Waals surface area contributed by atoms with E-state index in [0.29, 0.717) is 23.7 Å². The van der Waals surface area contributed by atoms with Crippen molar-refractivity contribution in [3.05, 3.63) is 42.0 Å². The highest BCUT2D eigenvalue weighted by molar-refractivity contribution is 5.52. The summed E-state index contributed by atoms with van der Waals surface area (Å²) >= 11 is 0. The molecule has 0 amide bonds. The summed E-state index contributed by atoms with van der Waals surface area (Å²) in [5, 5.41) is 0. The molecule has 2 aromatic rings. The number of oxazole rings is 1. The van der Waals surface area contributed by atoms with E-state index in [1.807, 2.05) is 0 Å². The van der Waals surface area contributed by atoms with Gasteiger partial charge in [-0.05, 0) is 18.2 Å². The van der Waals surface area contributed by atoms with Crippen molar-refractivity contribution in [2.24, 2.45) is 5.73 Å². The summed E-state index contributed by atoms with van der Waals surface area (Å²) in [7, 11) is 0. The lowest BCUT2D eigenvalue weighted by Gasteiger charge is -1.93. The van der Waals surface area contributed by atoms with Crippen LogP contribution in [0.3, 0.4) is 0 Å². The minimum atomic E-state index is -0.310. The predicted octanol–water partition coefficient (Wildman–Crippen LogP) is 1.94. The van der Waals surface area contributed by atoms with E-state index in [2.05, 4.69) is 4.98 Å². The Bertz CT molecular complexity index is 439. The number of hydrogen-bond acceptors (Lipinski definition) is 3. The van der Waals surface area contributed by atoms with Crippen molar-refractivity contribution in [1.29, 1.82) is 0 Å². The molecule has 1 aromatic carbocycles. The summed E-state index contributed by atoms with van der Waals surface area (Å²) in [4.78, 5) is 4.08. The summed E-state index contributed by atoms with van der Waals surface area (Å²) in [5.74, 6) is 0.0833. The Morgan fingerprint density at radius 2 is 2.29 bits per heavy atom. The molecule has 1 aromatic heterocycles. The van der Waals surface area contributed by atoms with Crippen LogP contribution in [-0.2, 0) is 6.54 Å². The predicted molar refractivity (Wildman–Crippen MR) is 49.8 cm³/mol. The van der Waals surface area contributed by atoms with Gasteiger partial charge in [0.05, 0.1) is 5.69 Å². The number of nitrogens with zero attached hydrogens (tertiary/aromatic N) is 1. The second-order valence-electron chi connectivity index (χ2n) is 2.86. The molecular formula is C10H9FN2O. The first-order chi connectivity index (χ1) is 6.79. The lowest BCUT2D eigenvalue weighted by atomic mass is 10.2. The zero-order valence-electron chi connectivity index (χ0n) is 7.40. The van der Waals surface area contributed by atoms with Crippen LogP contribution in [0.15, 0.2) is 34.9 Å². The lowest BCUT2D eigenvalue weighted by Crippen LogP contribution is -1.95. The molecule has 0 fully saturated rings. The van der Waals surface area contributed by atoms with Crippen molar-refractivity contribution in [2.45, 2.75) is 6.54 Å². The van der Waals surface area contributed by atoms with Crippen LogP contribution in [0.25, 0.3) is 11.5 Å². The third kappa shape index (κ3) is 1.65. The number of benzene rings is 1. The monoisotopic (exact) mass is 192 g/mol. The van der Waals surface area contributed by atoms with Gasteiger partial charge in [-0.25, -0.2) is 9.37 Å². The van der Waals surface area contributed by atoms with Crippen LogP contribution in [0.4, 0.5) is 4.39 Å². The Balaban J connectivity index is 2.39. The van der Waals surface area contributed by atoms with Crippen molar-refractivity contribution in [1.82, 2.24) is 4.98 Å². The number of hydrogen-bond donors (Lipinski definition) is 1. The molecule has 4 heteroatoms. The quantitative estimate of drug-likeness (QED) is 0.791. The molecule has 0 bridgehead atoms. The van der Waals surface area contributed by atoms with Crippen LogP contribution < -0.4 is 5.73 Å². The number of rotatable bonds is 2. The molecule has 72 valence electrons. The van der Waals surface area contributed by atoms with E-state index < -0.39 is 0 Å². The van der Waals surface area contributed by atoms with Crippen LogP contribution in [0, 0.1) is 5.82 Å². The van der Waals surface area contributed by atoms with E-state index in [-0.39, 0.29) is 5.82 Å². The highest BCUT2D eigenvalue weighted by atomic mass is 19.1. The van der Waals surface area contributed by atoms with Gasteiger partial charge in [0.1, 0.15) is 12.1 Å². The standard InChI is InChI=1S/C10H9FN2O/c11-8-3-1-2-7(4-8)10-13-9(5-12)6-14-10/h1-4,6H,5,12H2. The molecule has 2 rings (SSSR count). The first-order valence-electron chi connectivity index (χ1n) is 4.20. The van der Waals surface area contributed by atoms with Gasteiger partial charge in [-0.2, -0.15) is 0 Å². The molecule has 0 atom stereocenters. The highest BCUT2D eigenvalue weighted by Gasteiger charge is 2.05. The Morgan fingerprint density at radius 3 is 2.93 bits per heavy atom. The average molecular weight is 192 g/mol. The van der Waals surface area contributed by atoms with Gasteiger partial charge in [0.15, 0.2) is 0 Å². The molecule has 0 spiro atoms. The molecule has 0 aliphatic heterocycles. The molecule has 3 nitrogen and oxygen atoms in total. The molecule has 1 heterocycles. The summed E-state index contributed by atoms with van der Waals surface area (Å²) in [6.45, 7) is 0.318. The largest absolute Gasteiger partial charge is 0.444 e. The number of aromatic nitrogens is 1. The molecule has 0 aliphatic carbocycles. The van der Waals surface area contributed by atoms with Crippen LogP contribution in [0.2, 0.25) is 0 Å². The second kappa shape index (κ2) is 3.59. The zero-order valence-corrected chi connectivity index (χ0v) is 7.40. The molecule has 2 N–H and O–H groups in total. The van der Waals surface area contributed by atoms with Gasteiger partial charge in [0, 0.05) is 12.1 Å². The fraction of sp³-hybridized carbons (Fsp3) is 0.100. The maximum Gasteiger partial charge on any atom is 0.226 e. The summed E-state index contributed by atoms with van der Waals surface area (Å²) in [6.07, 6.45) is 1.47. The maximum atomic E-state index is 12.8. The lowest BCUT2D eigenvalue weighted by molar-refractivity contribution is 0.570. The molecule has 0 aliphatic rings. The van der Waals surface area contributed by atoms with Crippen molar-refractivity contribution < 1.29 is 8.81 Å². The Hall–Kier alpha value is -1.68. The SMILES string of the molecule is NCc1coc(-c2cccc(F)c2)n1. The summed E-state index contributed by atoms with van der Waals surface area (Å²) < 4.78 is 18.0. The second-order valence-corrected chi connectivity index (χ2v) is 2.86. The zero-order chi connectivity index (χ0) is 9.97. The third-order valence-electron chi connectivity index (χ3n) is 1.83. The van der Waals surface area contributed by atoms with E-state index in [0.717, 1.165) is 0 Å². The fourth-order valence-electron chi connectivity index (χ4n) is 1.15. The minimum absolute atomic E-state index is 0.310. The van der Waals surface area contributed by atoms with Crippen molar-refractivity contribution >= 4 is 0 Å². The van der Waals surface area contributed by atoms with Gasteiger partial charge < -0.3 is 10.2 Å². The van der Waals surface area contributed by atoms with Gasteiger partial charge in [-0.3, -0.25) is 0 Å². The van der Waals surface area contributed by atoms with Crippen LogP contribution in [0.5, 0.6) is 0 Å². The molecular weight excluding hydrogens is 183 g/mol. The number of halogens is 1. The average Bonchev–Trinajstić information content (AvgIpc) is 2.66. The van der Waals surface area contributed by atoms with Crippen LogP contribution in [-0.4, -0.2) is 4.98 Å². The molecule has 0 unspecified atom stereocenters. The molecule has 0 saturated carbocycles. The van der Waals surface area contributed by atoms with Crippen molar-refractivity contribution in [3.63, 3.8) is 0 Å². The Labute approximate surface area is 80.4 Å². The van der Waals surface area contributed by atoms with Crippen LogP contribution in [0.1, 0.15) is 5.69 Å². The van der Waals surface area contributed by atoms with E-state index in [1.54, 1.807) is 12.1 Å². The van der Waals surface area contributed by atoms with E-state index in [4.69, 9.17) is 10.2 Å². The normalized spacial score (nSPS) is 10.4.